The summed E-state index contributed by atoms with van der Waals surface area (Å²) in [6.07, 6.45) is 5.99. The molecule has 0 radical (unpaired) electrons. The Labute approximate surface area is 100 Å². The van der Waals surface area contributed by atoms with Crippen LogP contribution in [-0.4, -0.2) is 29.7 Å². The quantitative estimate of drug-likeness (QED) is 0.678. The SMILES string of the molecule is CN1C(=N)C(C)(C2=CCCCC2)C(=O)NC1=O. The van der Waals surface area contributed by atoms with Crippen LogP contribution in [-0.2, 0) is 4.79 Å². The molecule has 5 heteroatoms. The van der Waals surface area contributed by atoms with Gasteiger partial charge in [0.05, 0.1) is 0 Å². The lowest BCUT2D eigenvalue weighted by molar-refractivity contribution is -0.125. The topological polar surface area (TPSA) is 73.3 Å². The third kappa shape index (κ3) is 1.66. The maximum Gasteiger partial charge on any atom is 0.329 e. The number of urea groups is 1. The molecule has 2 N–H and O–H groups in total. The Bertz CT molecular complexity index is 427. The van der Waals surface area contributed by atoms with Crippen molar-refractivity contribution in [2.24, 2.45) is 5.41 Å². The van der Waals surface area contributed by atoms with Crippen molar-refractivity contribution in [3.8, 4) is 0 Å². The van der Waals surface area contributed by atoms with Crippen molar-refractivity contribution in [2.45, 2.75) is 32.6 Å². The first-order valence-corrected chi connectivity index (χ1v) is 5.85. The molecule has 17 heavy (non-hydrogen) atoms. The number of imide groups is 1. The van der Waals surface area contributed by atoms with Gasteiger partial charge in [0, 0.05) is 7.05 Å². The van der Waals surface area contributed by atoms with Crippen LogP contribution >= 0.6 is 0 Å². The summed E-state index contributed by atoms with van der Waals surface area (Å²) in [5.74, 6) is -0.307. The van der Waals surface area contributed by atoms with Gasteiger partial charge in [-0.05, 0) is 32.6 Å². The molecule has 0 aromatic rings. The average Bonchev–Trinajstić information content (AvgIpc) is 2.35. The summed E-state index contributed by atoms with van der Waals surface area (Å²) < 4.78 is 0. The Balaban J connectivity index is 2.40. The molecule has 1 fully saturated rings. The highest BCUT2D eigenvalue weighted by atomic mass is 16.2. The number of nitrogens with one attached hydrogen (secondary N) is 2. The minimum atomic E-state index is -0.983. The standard InChI is InChI=1S/C12H17N3O2/c1-12(8-6-4-3-5-7-8)9(13)15(2)11(17)14-10(12)16/h6,13H,3-5,7H2,1-2H3,(H,14,16,17). The lowest BCUT2D eigenvalue weighted by Crippen LogP contribution is -2.62. The van der Waals surface area contributed by atoms with Gasteiger partial charge in [-0.25, -0.2) is 4.79 Å². The van der Waals surface area contributed by atoms with E-state index in [4.69, 9.17) is 5.41 Å². The minimum absolute atomic E-state index is 0.0689. The van der Waals surface area contributed by atoms with Crippen molar-refractivity contribution in [1.29, 1.82) is 5.41 Å². The van der Waals surface area contributed by atoms with E-state index >= 15 is 0 Å². The molecule has 3 amide bonds. The van der Waals surface area contributed by atoms with E-state index in [2.05, 4.69) is 5.32 Å². The second-order valence-corrected chi connectivity index (χ2v) is 4.77. The monoisotopic (exact) mass is 235 g/mol. The van der Waals surface area contributed by atoms with E-state index in [1.54, 1.807) is 6.92 Å². The number of amides is 3. The molecule has 1 unspecified atom stereocenters. The van der Waals surface area contributed by atoms with E-state index in [1.165, 1.54) is 11.9 Å². The van der Waals surface area contributed by atoms with E-state index in [9.17, 15) is 9.59 Å². The Morgan fingerprint density at radius 3 is 2.71 bits per heavy atom. The van der Waals surface area contributed by atoms with Crippen LogP contribution in [0.25, 0.3) is 0 Å². The molecule has 0 bridgehead atoms. The Hall–Kier alpha value is -1.65. The van der Waals surface area contributed by atoms with Gasteiger partial charge >= 0.3 is 6.03 Å². The number of nitrogens with zero attached hydrogens (tertiary/aromatic N) is 1. The fourth-order valence-corrected chi connectivity index (χ4v) is 2.44. The van der Waals surface area contributed by atoms with Crippen molar-refractivity contribution in [3.63, 3.8) is 0 Å². The molecule has 1 saturated heterocycles. The zero-order chi connectivity index (χ0) is 12.6. The van der Waals surface area contributed by atoms with Gasteiger partial charge in [0.15, 0.2) is 0 Å². The van der Waals surface area contributed by atoms with Crippen LogP contribution in [0.3, 0.4) is 0 Å². The van der Waals surface area contributed by atoms with Gasteiger partial charge in [-0.1, -0.05) is 11.6 Å². The highest BCUT2D eigenvalue weighted by molar-refractivity contribution is 6.21. The minimum Gasteiger partial charge on any atom is -0.287 e. The van der Waals surface area contributed by atoms with Gasteiger partial charge in [-0.2, -0.15) is 0 Å². The third-order valence-electron chi connectivity index (χ3n) is 3.72. The molecule has 0 aromatic heterocycles. The number of allylic oxidation sites excluding steroid dienone is 1. The summed E-state index contributed by atoms with van der Waals surface area (Å²) in [7, 11) is 1.52. The molecule has 1 heterocycles. The fourth-order valence-electron chi connectivity index (χ4n) is 2.44. The summed E-state index contributed by atoms with van der Waals surface area (Å²) in [4.78, 5) is 24.7. The van der Waals surface area contributed by atoms with Gasteiger partial charge in [-0.3, -0.25) is 20.4 Å². The van der Waals surface area contributed by atoms with Crippen molar-refractivity contribution in [2.75, 3.05) is 7.05 Å². The summed E-state index contributed by atoms with van der Waals surface area (Å²) >= 11 is 0. The molecular formula is C12H17N3O2. The molecule has 92 valence electrons. The zero-order valence-corrected chi connectivity index (χ0v) is 10.2. The van der Waals surface area contributed by atoms with Crippen LogP contribution in [0.1, 0.15) is 32.6 Å². The van der Waals surface area contributed by atoms with E-state index in [0.29, 0.717) is 0 Å². The predicted octanol–water partition coefficient (Wildman–Crippen LogP) is 1.65. The van der Waals surface area contributed by atoms with E-state index in [0.717, 1.165) is 31.3 Å². The molecular weight excluding hydrogens is 218 g/mol. The van der Waals surface area contributed by atoms with Crippen LogP contribution < -0.4 is 5.32 Å². The molecule has 0 aromatic carbocycles. The molecule has 2 aliphatic rings. The summed E-state index contributed by atoms with van der Waals surface area (Å²) in [5.41, 5.74) is -0.0195. The maximum absolute atomic E-state index is 12.0. The Morgan fingerprint density at radius 2 is 2.12 bits per heavy atom. The van der Waals surface area contributed by atoms with E-state index in [-0.39, 0.29) is 11.7 Å². The predicted molar refractivity (Wildman–Crippen MR) is 63.7 cm³/mol. The number of hydrogen-bond donors (Lipinski definition) is 2. The van der Waals surface area contributed by atoms with Gasteiger partial charge in [-0.15, -0.1) is 0 Å². The number of amidine groups is 1. The summed E-state index contributed by atoms with van der Waals surface area (Å²) in [6.45, 7) is 1.73. The van der Waals surface area contributed by atoms with Crippen molar-refractivity contribution in [1.82, 2.24) is 10.2 Å². The van der Waals surface area contributed by atoms with Crippen LogP contribution in [0, 0.1) is 10.8 Å². The first-order valence-electron chi connectivity index (χ1n) is 5.85. The highest BCUT2D eigenvalue weighted by Crippen LogP contribution is 2.37. The van der Waals surface area contributed by atoms with Gasteiger partial charge in [0.1, 0.15) is 11.3 Å². The van der Waals surface area contributed by atoms with Crippen LogP contribution in [0.4, 0.5) is 4.79 Å². The fraction of sp³-hybridized carbons (Fsp3) is 0.583. The number of carbonyl (C=O) groups excluding carboxylic acids is 2. The molecule has 5 nitrogen and oxygen atoms in total. The van der Waals surface area contributed by atoms with Crippen LogP contribution in [0.15, 0.2) is 11.6 Å². The lowest BCUT2D eigenvalue weighted by Gasteiger charge is -2.40. The largest absolute Gasteiger partial charge is 0.329 e. The number of rotatable bonds is 1. The van der Waals surface area contributed by atoms with Crippen molar-refractivity contribution < 1.29 is 9.59 Å². The molecule has 0 saturated carbocycles. The van der Waals surface area contributed by atoms with Crippen LogP contribution in [0.2, 0.25) is 0 Å². The molecule has 1 aliphatic carbocycles. The highest BCUT2D eigenvalue weighted by Gasteiger charge is 2.48. The number of carbonyl (C=O) groups is 2. The van der Waals surface area contributed by atoms with Gasteiger partial charge < -0.3 is 0 Å². The smallest absolute Gasteiger partial charge is 0.287 e. The van der Waals surface area contributed by atoms with Crippen molar-refractivity contribution >= 4 is 17.8 Å². The third-order valence-corrected chi connectivity index (χ3v) is 3.72. The van der Waals surface area contributed by atoms with Crippen LogP contribution in [0.5, 0.6) is 0 Å². The van der Waals surface area contributed by atoms with E-state index in [1.807, 2.05) is 6.08 Å². The Kier molecular flexibility index (Phi) is 2.77. The second kappa shape index (κ2) is 3.98. The lowest BCUT2D eigenvalue weighted by atomic mass is 9.74. The normalized spacial score (nSPS) is 30.1. The second-order valence-electron chi connectivity index (χ2n) is 4.77. The summed E-state index contributed by atoms with van der Waals surface area (Å²) in [5, 5.41) is 10.4. The molecule has 1 aliphatic heterocycles. The van der Waals surface area contributed by atoms with Gasteiger partial charge in [0.25, 0.3) is 0 Å². The van der Waals surface area contributed by atoms with Gasteiger partial charge in [0.2, 0.25) is 5.91 Å². The van der Waals surface area contributed by atoms with Crippen molar-refractivity contribution in [3.05, 3.63) is 11.6 Å². The molecule has 2 rings (SSSR count). The first kappa shape index (κ1) is 11.8. The van der Waals surface area contributed by atoms with E-state index < -0.39 is 11.4 Å². The molecule has 0 spiro atoms. The maximum atomic E-state index is 12.0. The number of hydrogen-bond acceptors (Lipinski definition) is 3. The Morgan fingerprint density at radius 1 is 1.41 bits per heavy atom. The first-order chi connectivity index (χ1) is 7.98. The average molecular weight is 235 g/mol. The zero-order valence-electron chi connectivity index (χ0n) is 10.2. The molecule has 1 atom stereocenters. The summed E-state index contributed by atoms with van der Waals surface area (Å²) in [6, 6.07) is -0.520.